The number of carbonyl (C=O) groups is 1. The van der Waals surface area contributed by atoms with Crippen LogP contribution >= 0.6 is 0 Å². The number of alkyl halides is 5. The minimum absolute atomic E-state index is 0.540. The van der Waals surface area contributed by atoms with Crippen LogP contribution in [0.3, 0.4) is 0 Å². The zero-order chi connectivity index (χ0) is 14.1. The van der Waals surface area contributed by atoms with E-state index in [1.165, 1.54) is 0 Å². The lowest BCUT2D eigenvalue weighted by atomic mass is 10.0. The molecule has 0 aromatic carbocycles. The minimum Gasteiger partial charge on any atom is -0.481 e. The molecule has 0 saturated carbocycles. The molecule has 4 nitrogen and oxygen atoms in total. The predicted octanol–water partition coefficient (Wildman–Crippen LogP) is 2.25. The van der Waals surface area contributed by atoms with E-state index in [9.17, 15) is 26.7 Å². The van der Waals surface area contributed by atoms with Crippen LogP contribution in [0, 0.1) is 0 Å². The van der Waals surface area contributed by atoms with E-state index in [1.54, 1.807) is 0 Å². The lowest BCUT2D eigenvalue weighted by Crippen LogP contribution is -2.18. The topological polar surface area (TPSA) is 76.2 Å². The molecule has 0 atom stereocenters. The molecule has 0 aliphatic carbocycles. The van der Waals surface area contributed by atoms with Crippen molar-refractivity contribution in [2.24, 2.45) is 0 Å². The fourth-order valence-corrected chi connectivity index (χ4v) is 1.38. The van der Waals surface area contributed by atoms with Gasteiger partial charge in [-0.2, -0.15) is 13.2 Å². The van der Waals surface area contributed by atoms with Gasteiger partial charge < -0.3 is 10.8 Å². The van der Waals surface area contributed by atoms with Crippen LogP contribution in [0.4, 0.5) is 27.8 Å². The second-order valence-corrected chi connectivity index (χ2v) is 3.33. The molecule has 9 heteroatoms. The maximum atomic E-state index is 12.6. The van der Waals surface area contributed by atoms with Gasteiger partial charge in [0.2, 0.25) is 0 Å². The number of rotatable bonds is 3. The largest absolute Gasteiger partial charge is 0.481 e. The molecule has 0 aliphatic heterocycles. The van der Waals surface area contributed by atoms with Crippen molar-refractivity contribution in [3.05, 3.63) is 22.9 Å². The lowest BCUT2D eigenvalue weighted by Gasteiger charge is -2.15. The quantitative estimate of drug-likeness (QED) is 0.826. The predicted molar refractivity (Wildman–Crippen MR) is 49.9 cm³/mol. The fraction of sp³-hybridized carbons (Fsp3) is 0.333. The van der Waals surface area contributed by atoms with E-state index in [0.29, 0.717) is 6.07 Å². The molecule has 0 bridgehead atoms. The van der Waals surface area contributed by atoms with Crippen molar-refractivity contribution in [3.63, 3.8) is 0 Å². The van der Waals surface area contributed by atoms with Crippen molar-refractivity contribution in [3.8, 4) is 0 Å². The molecule has 1 heterocycles. The average Bonchev–Trinajstić information content (AvgIpc) is 2.17. The van der Waals surface area contributed by atoms with Crippen LogP contribution in [0.25, 0.3) is 0 Å². The van der Waals surface area contributed by atoms with Gasteiger partial charge in [0.05, 0.1) is 6.42 Å². The number of nitrogens with zero attached hydrogens (tertiary/aromatic N) is 1. The van der Waals surface area contributed by atoms with Gasteiger partial charge in [0, 0.05) is 11.1 Å². The highest BCUT2D eigenvalue weighted by Gasteiger charge is 2.38. The number of pyridine rings is 1. The number of hydrogen-bond acceptors (Lipinski definition) is 3. The van der Waals surface area contributed by atoms with Crippen LogP contribution in [-0.2, 0) is 17.4 Å². The van der Waals surface area contributed by atoms with Crippen molar-refractivity contribution in [1.82, 2.24) is 4.98 Å². The molecule has 1 aromatic rings. The van der Waals surface area contributed by atoms with Gasteiger partial charge in [-0.3, -0.25) is 4.79 Å². The summed E-state index contributed by atoms with van der Waals surface area (Å²) in [6.07, 6.45) is -9.53. The number of aliphatic carboxylic acids is 1. The van der Waals surface area contributed by atoms with Gasteiger partial charge in [-0.1, -0.05) is 0 Å². The molecule has 3 N–H and O–H groups in total. The summed E-state index contributed by atoms with van der Waals surface area (Å²) >= 11 is 0. The van der Waals surface area contributed by atoms with Crippen LogP contribution < -0.4 is 5.73 Å². The van der Waals surface area contributed by atoms with E-state index in [4.69, 9.17) is 10.8 Å². The highest BCUT2D eigenvalue weighted by atomic mass is 19.4. The third kappa shape index (κ3) is 3.05. The van der Waals surface area contributed by atoms with Crippen molar-refractivity contribution < 1.29 is 31.9 Å². The molecule has 0 fully saturated rings. The average molecular weight is 270 g/mol. The summed E-state index contributed by atoms with van der Waals surface area (Å²) in [6.45, 7) is 0. The highest BCUT2D eigenvalue weighted by Crippen LogP contribution is 2.36. The van der Waals surface area contributed by atoms with Crippen molar-refractivity contribution in [2.45, 2.75) is 19.0 Å². The molecule has 1 aromatic heterocycles. The number of anilines is 1. The minimum atomic E-state index is -5.05. The van der Waals surface area contributed by atoms with Gasteiger partial charge >= 0.3 is 12.1 Å². The van der Waals surface area contributed by atoms with Gasteiger partial charge in [0.15, 0.2) is 5.69 Å². The Balaban J connectivity index is 3.52. The smallest absolute Gasteiger partial charge is 0.433 e. The second-order valence-electron chi connectivity index (χ2n) is 3.33. The van der Waals surface area contributed by atoms with Gasteiger partial charge in [-0.05, 0) is 6.07 Å². The Morgan fingerprint density at radius 1 is 1.44 bits per heavy atom. The normalized spacial score (nSPS) is 11.9. The lowest BCUT2D eigenvalue weighted by molar-refractivity contribution is -0.142. The van der Waals surface area contributed by atoms with E-state index in [2.05, 4.69) is 4.98 Å². The van der Waals surface area contributed by atoms with E-state index < -0.39 is 47.6 Å². The Morgan fingerprint density at radius 2 is 2.00 bits per heavy atom. The summed E-state index contributed by atoms with van der Waals surface area (Å²) in [7, 11) is 0. The Morgan fingerprint density at radius 3 is 2.39 bits per heavy atom. The Bertz CT molecular complexity index is 473. The molecule has 0 spiro atoms. The molecule has 0 radical (unpaired) electrons. The Hall–Kier alpha value is -1.93. The molecule has 0 unspecified atom stereocenters. The van der Waals surface area contributed by atoms with Crippen LogP contribution in [0.15, 0.2) is 6.07 Å². The first kappa shape index (κ1) is 14.1. The summed E-state index contributed by atoms with van der Waals surface area (Å²) < 4.78 is 62.9. The highest BCUT2D eigenvalue weighted by molar-refractivity contribution is 5.71. The van der Waals surface area contributed by atoms with Gasteiger partial charge in [0.25, 0.3) is 6.43 Å². The number of carboxylic acids is 1. The molecule has 0 aliphatic rings. The standard InChI is InChI=1S/C9H7F5N2O2/c10-8(11)4-1-5(15)16-7(9(12,13)14)3(4)2-6(17)18/h1,8H,2H2,(H2,15,16)(H,17,18). The molecule has 1 rings (SSSR count). The summed E-state index contributed by atoms with van der Waals surface area (Å²) in [4.78, 5) is 13.3. The third-order valence-electron chi connectivity index (χ3n) is 2.01. The molecule has 100 valence electrons. The zero-order valence-corrected chi connectivity index (χ0v) is 8.63. The summed E-state index contributed by atoms with van der Waals surface area (Å²) in [5, 5.41) is 8.46. The third-order valence-corrected chi connectivity index (χ3v) is 2.01. The monoisotopic (exact) mass is 270 g/mol. The molecular formula is C9H7F5N2O2. The summed E-state index contributed by atoms with van der Waals surface area (Å²) in [5.41, 5.74) is 1.17. The molecule has 18 heavy (non-hydrogen) atoms. The first-order chi connectivity index (χ1) is 8.12. The number of carboxylic acid groups (broad SMARTS) is 1. The molecular weight excluding hydrogens is 263 g/mol. The molecule has 0 amide bonds. The van der Waals surface area contributed by atoms with E-state index in [0.717, 1.165) is 0 Å². The molecule has 0 saturated heterocycles. The van der Waals surface area contributed by atoms with Gasteiger partial charge in [-0.15, -0.1) is 0 Å². The first-order valence-electron chi connectivity index (χ1n) is 4.49. The number of halogens is 5. The van der Waals surface area contributed by atoms with Crippen molar-refractivity contribution in [2.75, 3.05) is 5.73 Å². The number of nitrogen functional groups attached to an aromatic ring is 1. The zero-order valence-electron chi connectivity index (χ0n) is 8.63. The van der Waals surface area contributed by atoms with E-state index in [1.807, 2.05) is 0 Å². The van der Waals surface area contributed by atoms with Crippen LogP contribution in [0.5, 0.6) is 0 Å². The first-order valence-corrected chi connectivity index (χ1v) is 4.49. The maximum Gasteiger partial charge on any atom is 0.433 e. The maximum absolute atomic E-state index is 12.6. The van der Waals surface area contributed by atoms with E-state index >= 15 is 0 Å². The van der Waals surface area contributed by atoms with E-state index in [-0.39, 0.29) is 0 Å². The van der Waals surface area contributed by atoms with Crippen molar-refractivity contribution in [1.29, 1.82) is 0 Å². The second kappa shape index (κ2) is 4.75. The summed E-state index contributed by atoms with van der Waals surface area (Å²) in [5.74, 6) is -2.42. The number of hydrogen-bond donors (Lipinski definition) is 2. The Kier molecular flexibility index (Phi) is 3.73. The van der Waals surface area contributed by atoms with Crippen LogP contribution in [0.1, 0.15) is 23.2 Å². The van der Waals surface area contributed by atoms with Crippen LogP contribution in [-0.4, -0.2) is 16.1 Å². The van der Waals surface area contributed by atoms with Crippen LogP contribution in [0.2, 0.25) is 0 Å². The summed E-state index contributed by atoms with van der Waals surface area (Å²) in [6, 6.07) is 0.540. The number of aromatic nitrogens is 1. The van der Waals surface area contributed by atoms with Gasteiger partial charge in [0.1, 0.15) is 5.82 Å². The van der Waals surface area contributed by atoms with Crippen molar-refractivity contribution >= 4 is 11.8 Å². The van der Waals surface area contributed by atoms with Gasteiger partial charge in [-0.25, -0.2) is 13.8 Å². The number of nitrogens with two attached hydrogens (primary N) is 1. The SMILES string of the molecule is Nc1cc(C(F)F)c(CC(=O)O)c(C(F)(F)F)n1. The fourth-order valence-electron chi connectivity index (χ4n) is 1.38. The Labute approximate surface area is 97.2 Å².